The highest BCUT2D eigenvalue weighted by Gasteiger charge is 2.22. The number of benzene rings is 1. The minimum absolute atomic E-state index is 0.133. The molecule has 1 aromatic heterocycles. The monoisotopic (exact) mass is 332 g/mol. The van der Waals surface area contributed by atoms with Crippen LogP contribution < -0.4 is 10.2 Å². The minimum atomic E-state index is -0.844. The molecule has 0 bridgehead atoms. The fourth-order valence-corrected chi connectivity index (χ4v) is 2.80. The molecule has 1 aliphatic rings. The van der Waals surface area contributed by atoms with E-state index in [2.05, 4.69) is 20.2 Å². The summed E-state index contributed by atoms with van der Waals surface area (Å²) in [4.78, 5) is 22.6. The molecule has 0 unspecified atom stereocenters. The molecule has 0 aliphatic carbocycles. The van der Waals surface area contributed by atoms with Gasteiger partial charge in [-0.05, 0) is 37.0 Å². The molecule has 7 heteroatoms. The van der Waals surface area contributed by atoms with Gasteiger partial charge in [0.05, 0.1) is 5.56 Å². The average Bonchev–Trinajstić information content (AvgIpc) is 2.61. The summed E-state index contributed by atoms with van der Waals surface area (Å²) in [7, 11) is 0. The van der Waals surface area contributed by atoms with Crippen molar-refractivity contribution in [1.29, 1.82) is 0 Å². The van der Waals surface area contributed by atoms with Gasteiger partial charge < -0.3 is 10.2 Å². The van der Waals surface area contributed by atoms with E-state index in [0.717, 1.165) is 38.1 Å². The zero-order chi connectivity index (χ0) is 16.9. The lowest BCUT2D eigenvalue weighted by atomic mass is 9.97. The standard InChI is InChI=1S/C17H18F2N4O/c18-13-2-3-14(15(19)10-13)16(24)22-11-12-4-8-23(9-5-12)17-20-6-1-7-21-17/h1-3,6-7,10,12H,4-5,8-9,11H2,(H,22,24). The largest absolute Gasteiger partial charge is 0.352 e. The lowest BCUT2D eigenvalue weighted by Gasteiger charge is -2.31. The minimum Gasteiger partial charge on any atom is -0.352 e. The predicted molar refractivity (Wildman–Crippen MR) is 85.7 cm³/mol. The summed E-state index contributed by atoms with van der Waals surface area (Å²) in [5.41, 5.74) is -0.133. The highest BCUT2D eigenvalue weighted by molar-refractivity contribution is 5.94. The third-order valence-corrected chi connectivity index (χ3v) is 4.18. The van der Waals surface area contributed by atoms with Crippen molar-refractivity contribution >= 4 is 11.9 Å². The van der Waals surface area contributed by atoms with Crippen molar-refractivity contribution in [3.63, 3.8) is 0 Å². The quantitative estimate of drug-likeness (QED) is 0.934. The van der Waals surface area contributed by atoms with Crippen molar-refractivity contribution < 1.29 is 13.6 Å². The van der Waals surface area contributed by atoms with Crippen LogP contribution in [0.1, 0.15) is 23.2 Å². The summed E-state index contributed by atoms with van der Waals surface area (Å²) in [6.45, 7) is 2.10. The van der Waals surface area contributed by atoms with Gasteiger partial charge in [-0.25, -0.2) is 18.7 Å². The summed E-state index contributed by atoms with van der Waals surface area (Å²) in [6, 6.07) is 4.74. The number of carbonyl (C=O) groups excluding carboxylic acids is 1. The Labute approximate surface area is 138 Å². The molecule has 1 aromatic carbocycles. The Balaban J connectivity index is 1.49. The van der Waals surface area contributed by atoms with E-state index in [1.54, 1.807) is 18.5 Å². The van der Waals surface area contributed by atoms with E-state index < -0.39 is 17.5 Å². The van der Waals surface area contributed by atoms with Crippen molar-refractivity contribution in [2.45, 2.75) is 12.8 Å². The molecule has 1 fully saturated rings. The zero-order valence-corrected chi connectivity index (χ0v) is 13.1. The average molecular weight is 332 g/mol. The smallest absolute Gasteiger partial charge is 0.254 e. The molecular formula is C17H18F2N4O. The molecule has 2 aromatic rings. The van der Waals surface area contributed by atoms with Crippen LogP contribution in [0, 0.1) is 17.6 Å². The Morgan fingerprint density at radius 1 is 1.21 bits per heavy atom. The summed E-state index contributed by atoms with van der Waals surface area (Å²) in [5, 5.41) is 2.73. The number of nitrogens with one attached hydrogen (secondary N) is 1. The Bertz CT molecular complexity index is 703. The van der Waals surface area contributed by atoms with Crippen LogP contribution in [0.25, 0.3) is 0 Å². The van der Waals surface area contributed by atoms with E-state index in [4.69, 9.17) is 0 Å². The molecule has 1 saturated heterocycles. The van der Waals surface area contributed by atoms with Gasteiger partial charge >= 0.3 is 0 Å². The van der Waals surface area contributed by atoms with Crippen LogP contribution in [0.5, 0.6) is 0 Å². The number of halogens is 2. The van der Waals surface area contributed by atoms with Gasteiger partial charge in [0.15, 0.2) is 0 Å². The van der Waals surface area contributed by atoms with E-state index in [1.165, 1.54) is 0 Å². The SMILES string of the molecule is O=C(NCC1CCN(c2ncccn2)CC1)c1ccc(F)cc1F. The van der Waals surface area contributed by atoms with Crippen molar-refractivity contribution in [2.24, 2.45) is 5.92 Å². The Morgan fingerprint density at radius 3 is 2.58 bits per heavy atom. The van der Waals surface area contributed by atoms with Gasteiger partial charge in [0, 0.05) is 38.1 Å². The lowest BCUT2D eigenvalue weighted by Crippen LogP contribution is -2.39. The molecule has 5 nitrogen and oxygen atoms in total. The maximum absolute atomic E-state index is 13.6. The molecule has 2 heterocycles. The van der Waals surface area contributed by atoms with Gasteiger partial charge in [-0.2, -0.15) is 0 Å². The molecule has 0 spiro atoms. The van der Waals surface area contributed by atoms with E-state index in [-0.39, 0.29) is 5.56 Å². The van der Waals surface area contributed by atoms with Crippen LogP contribution >= 0.6 is 0 Å². The number of hydrogen-bond acceptors (Lipinski definition) is 4. The second kappa shape index (κ2) is 7.33. The van der Waals surface area contributed by atoms with Gasteiger partial charge in [-0.1, -0.05) is 0 Å². The predicted octanol–water partition coefficient (Wildman–Crippen LogP) is 2.40. The first-order valence-electron chi connectivity index (χ1n) is 7.88. The Morgan fingerprint density at radius 2 is 1.92 bits per heavy atom. The maximum Gasteiger partial charge on any atom is 0.254 e. The number of hydrogen-bond donors (Lipinski definition) is 1. The summed E-state index contributed by atoms with van der Waals surface area (Å²) >= 11 is 0. The van der Waals surface area contributed by atoms with Crippen LogP contribution in [0.4, 0.5) is 14.7 Å². The number of piperidine rings is 1. The highest BCUT2D eigenvalue weighted by atomic mass is 19.1. The molecule has 1 amide bonds. The van der Waals surface area contributed by atoms with Crippen LogP contribution in [-0.2, 0) is 0 Å². The van der Waals surface area contributed by atoms with Gasteiger partial charge in [0.25, 0.3) is 5.91 Å². The number of rotatable bonds is 4. The number of nitrogens with zero attached hydrogens (tertiary/aromatic N) is 3. The van der Waals surface area contributed by atoms with Crippen LogP contribution in [0.15, 0.2) is 36.7 Å². The molecule has 24 heavy (non-hydrogen) atoms. The van der Waals surface area contributed by atoms with Crippen molar-refractivity contribution in [2.75, 3.05) is 24.5 Å². The summed E-state index contributed by atoms with van der Waals surface area (Å²) in [5.74, 6) is -1.02. The first-order chi connectivity index (χ1) is 11.6. The lowest BCUT2D eigenvalue weighted by molar-refractivity contribution is 0.0940. The van der Waals surface area contributed by atoms with Gasteiger partial charge in [-0.15, -0.1) is 0 Å². The number of carbonyl (C=O) groups is 1. The summed E-state index contributed by atoms with van der Waals surface area (Å²) < 4.78 is 26.5. The van der Waals surface area contributed by atoms with Crippen LogP contribution in [-0.4, -0.2) is 35.5 Å². The zero-order valence-electron chi connectivity index (χ0n) is 13.1. The fourth-order valence-electron chi connectivity index (χ4n) is 2.80. The fraction of sp³-hybridized carbons (Fsp3) is 0.353. The first-order valence-corrected chi connectivity index (χ1v) is 7.88. The first kappa shape index (κ1) is 16.3. The normalized spacial score (nSPS) is 15.3. The topological polar surface area (TPSA) is 58.1 Å². The third kappa shape index (κ3) is 3.84. The van der Waals surface area contributed by atoms with Crippen molar-refractivity contribution in [3.05, 3.63) is 53.9 Å². The molecule has 0 saturated carbocycles. The van der Waals surface area contributed by atoms with E-state index in [1.807, 2.05) is 0 Å². The molecule has 3 rings (SSSR count). The molecular weight excluding hydrogens is 314 g/mol. The Hall–Kier alpha value is -2.57. The second-order valence-electron chi connectivity index (χ2n) is 5.81. The van der Waals surface area contributed by atoms with E-state index in [9.17, 15) is 13.6 Å². The number of anilines is 1. The second-order valence-corrected chi connectivity index (χ2v) is 5.81. The molecule has 0 radical (unpaired) electrons. The molecule has 126 valence electrons. The summed E-state index contributed by atoms with van der Waals surface area (Å²) in [6.07, 6.45) is 5.21. The number of aromatic nitrogens is 2. The van der Waals surface area contributed by atoms with E-state index in [0.29, 0.717) is 24.5 Å². The van der Waals surface area contributed by atoms with Gasteiger partial charge in [0.2, 0.25) is 5.95 Å². The van der Waals surface area contributed by atoms with Crippen molar-refractivity contribution in [1.82, 2.24) is 15.3 Å². The van der Waals surface area contributed by atoms with Gasteiger partial charge in [0.1, 0.15) is 11.6 Å². The van der Waals surface area contributed by atoms with Gasteiger partial charge in [-0.3, -0.25) is 4.79 Å². The van der Waals surface area contributed by atoms with Crippen LogP contribution in [0.2, 0.25) is 0 Å². The molecule has 0 atom stereocenters. The molecule has 1 aliphatic heterocycles. The van der Waals surface area contributed by atoms with Crippen molar-refractivity contribution in [3.8, 4) is 0 Å². The van der Waals surface area contributed by atoms with E-state index >= 15 is 0 Å². The third-order valence-electron chi connectivity index (χ3n) is 4.18. The Kier molecular flexibility index (Phi) is 4.98. The molecule has 1 N–H and O–H groups in total. The van der Waals surface area contributed by atoms with Crippen LogP contribution in [0.3, 0.4) is 0 Å². The maximum atomic E-state index is 13.6. The highest BCUT2D eigenvalue weighted by Crippen LogP contribution is 2.20. The number of amides is 1.